The minimum Gasteiger partial charge on any atom is -0.497 e. The summed E-state index contributed by atoms with van der Waals surface area (Å²) in [4.78, 5) is 31.7. The molecule has 6 heteroatoms. The van der Waals surface area contributed by atoms with Gasteiger partial charge in [0, 0.05) is 33.9 Å². The number of ether oxygens (including phenoxy) is 1. The first-order valence-corrected chi connectivity index (χ1v) is 10.8. The number of hydrogen-bond donors (Lipinski definition) is 3. The van der Waals surface area contributed by atoms with Crippen LogP contribution in [-0.4, -0.2) is 23.0 Å². The van der Waals surface area contributed by atoms with E-state index in [1.807, 2.05) is 18.2 Å². The first-order valence-electron chi connectivity index (χ1n) is 10.8. The van der Waals surface area contributed by atoms with Gasteiger partial charge in [-0.25, -0.2) is 0 Å². The smallest absolute Gasteiger partial charge is 0.257 e. The van der Waals surface area contributed by atoms with Gasteiger partial charge in [-0.05, 0) is 73.0 Å². The molecule has 0 radical (unpaired) electrons. The molecule has 0 fully saturated rings. The van der Waals surface area contributed by atoms with Gasteiger partial charge in [0.05, 0.1) is 18.4 Å². The van der Waals surface area contributed by atoms with Crippen LogP contribution in [0.25, 0.3) is 27.7 Å². The highest BCUT2D eigenvalue weighted by molar-refractivity contribution is 6.09. The third-order valence-electron chi connectivity index (χ3n) is 5.78. The van der Waals surface area contributed by atoms with Crippen LogP contribution in [0, 0.1) is 0 Å². The van der Waals surface area contributed by atoms with Crippen LogP contribution in [0.15, 0.2) is 83.8 Å². The van der Waals surface area contributed by atoms with E-state index in [-0.39, 0.29) is 11.5 Å². The van der Waals surface area contributed by atoms with Crippen molar-refractivity contribution in [3.63, 3.8) is 0 Å². The van der Waals surface area contributed by atoms with Crippen LogP contribution < -0.4 is 15.6 Å². The number of aromatic nitrogens is 2. The normalized spacial score (nSPS) is 13.1. The highest BCUT2D eigenvalue weighted by Gasteiger charge is 2.20. The third kappa shape index (κ3) is 3.99. The number of pyridine rings is 1. The highest BCUT2D eigenvalue weighted by Crippen LogP contribution is 2.36. The van der Waals surface area contributed by atoms with Crippen LogP contribution in [0.5, 0.6) is 5.75 Å². The number of hydrogen-bond acceptors (Lipinski definition) is 3. The summed E-state index contributed by atoms with van der Waals surface area (Å²) in [7, 11) is 1.60. The molecule has 1 amide bonds. The van der Waals surface area contributed by atoms with E-state index in [2.05, 4.69) is 33.5 Å². The van der Waals surface area contributed by atoms with E-state index in [4.69, 9.17) is 4.74 Å². The molecule has 0 saturated carbocycles. The number of benzene rings is 2. The summed E-state index contributed by atoms with van der Waals surface area (Å²) in [5.74, 6) is 0.519. The first kappa shape index (κ1) is 20.6. The molecule has 2 heterocycles. The van der Waals surface area contributed by atoms with Gasteiger partial charge < -0.3 is 20.0 Å². The van der Waals surface area contributed by atoms with Gasteiger partial charge in [0.1, 0.15) is 5.75 Å². The van der Waals surface area contributed by atoms with Crippen molar-refractivity contribution in [3.05, 3.63) is 101 Å². The van der Waals surface area contributed by atoms with Gasteiger partial charge in [-0.15, -0.1) is 0 Å². The summed E-state index contributed by atoms with van der Waals surface area (Å²) >= 11 is 0. The summed E-state index contributed by atoms with van der Waals surface area (Å²) in [5, 5.41) is 3.83. The van der Waals surface area contributed by atoms with Crippen molar-refractivity contribution in [2.75, 3.05) is 12.4 Å². The summed E-state index contributed by atoms with van der Waals surface area (Å²) in [6.45, 7) is 0. The van der Waals surface area contributed by atoms with Crippen LogP contribution in [0.1, 0.15) is 28.8 Å². The number of nitrogens with one attached hydrogen (secondary N) is 3. The minimum absolute atomic E-state index is 0.164. The summed E-state index contributed by atoms with van der Waals surface area (Å²) in [6, 6.07) is 16.4. The SMILES string of the molecule is COc1ccc(NC(=O)c2ccc3[nH]c(-c4ccc[nH]c4=O)c(C4=CCCC=C4)c3c2)cc1. The Morgan fingerprint density at radius 3 is 2.64 bits per heavy atom. The molecule has 2 aromatic carbocycles. The number of amides is 1. The van der Waals surface area contributed by atoms with Crippen LogP contribution >= 0.6 is 0 Å². The Kier molecular flexibility index (Phi) is 5.40. The lowest BCUT2D eigenvalue weighted by Gasteiger charge is -2.10. The predicted octanol–water partition coefficient (Wildman–Crippen LogP) is 5.52. The number of fused-ring (bicyclic) bond motifs is 1. The number of anilines is 1. The Labute approximate surface area is 190 Å². The van der Waals surface area contributed by atoms with Crippen molar-refractivity contribution in [1.29, 1.82) is 0 Å². The van der Waals surface area contributed by atoms with Crippen molar-refractivity contribution in [1.82, 2.24) is 9.97 Å². The van der Waals surface area contributed by atoms with Gasteiger partial charge in [-0.2, -0.15) is 0 Å². The monoisotopic (exact) mass is 437 g/mol. The molecule has 33 heavy (non-hydrogen) atoms. The van der Waals surface area contributed by atoms with Gasteiger partial charge in [0.2, 0.25) is 0 Å². The van der Waals surface area contributed by atoms with Crippen molar-refractivity contribution in [2.24, 2.45) is 0 Å². The number of H-pyrrole nitrogens is 2. The largest absolute Gasteiger partial charge is 0.497 e. The summed E-state index contributed by atoms with van der Waals surface area (Å²) < 4.78 is 5.17. The molecule has 1 aliphatic carbocycles. The zero-order valence-corrected chi connectivity index (χ0v) is 18.1. The lowest BCUT2D eigenvalue weighted by Crippen LogP contribution is -2.11. The van der Waals surface area contributed by atoms with Crippen LogP contribution in [0.3, 0.4) is 0 Å². The fraction of sp³-hybridized carbons (Fsp3) is 0.111. The number of methoxy groups -OCH3 is 1. The second kappa shape index (κ2) is 8.67. The molecule has 4 aromatic rings. The van der Waals surface area contributed by atoms with Crippen molar-refractivity contribution < 1.29 is 9.53 Å². The maximum Gasteiger partial charge on any atom is 0.257 e. The van der Waals surface area contributed by atoms with Gasteiger partial charge >= 0.3 is 0 Å². The number of aromatic amines is 2. The summed E-state index contributed by atoms with van der Waals surface area (Å²) in [6.07, 6.45) is 9.93. The van der Waals surface area contributed by atoms with Crippen LogP contribution in [0.2, 0.25) is 0 Å². The fourth-order valence-electron chi connectivity index (χ4n) is 4.13. The van der Waals surface area contributed by atoms with E-state index in [0.29, 0.717) is 16.8 Å². The van der Waals surface area contributed by atoms with E-state index in [1.54, 1.807) is 49.7 Å². The van der Waals surface area contributed by atoms with E-state index in [9.17, 15) is 9.59 Å². The highest BCUT2D eigenvalue weighted by atomic mass is 16.5. The Morgan fingerprint density at radius 1 is 1.06 bits per heavy atom. The molecule has 3 N–H and O–H groups in total. The molecule has 164 valence electrons. The summed E-state index contributed by atoms with van der Waals surface area (Å²) in [5.41, 5.74) is 5.20. The fourth-order valence-corrected chi connectivity index (χ4v) is 4.13. The molecule has 5 rings (SSSR count). The zero-order chi connectivity index (χ0) is 22.8. The Bertz CT molecular complexity index is 1460. The van der Waals surface area contributed by atoms with E-state index < -0.39 is 0 Å². The minimum atomic E-state index is -0.207. The zero-order valence-electron chi connectivity index (χ0n) is 18.1. The van der Waals surface area contributed by atoms with Crippen molar-refractivity contribution in [3.8, 4) is 17.0 Å². The Hall–Kier alpha value is -4.32. The molecular weight excluding hydrogens is 414 g/mol. The Morgan fingerprint density at radius 2 is 1.91 bits per heavy atom. The molecule has 0 bridgehead atoms. The molecule has 0 unspecified atom stereocenters. The molecule has 0 saturated heterocycles. The maximum absolute atomic E-state index is 13.0. The average Bonchev–Trinajstić information content (AvgIpc) is 3.24. The van der Waals surface area contributed by atoms with E-state index in [1.165, 1.54) is 0 Å². The third-order valence-corrected chi connectivity index (χ3v) is 5.78. The first-order chi connectivity index (χ1) is 16.1. The molecule has 6 nitrogen and oxygen atoms in total. The quantitative estimate of drug-likeness (QED) is 0.384. The number of carbonyl (C=O) groups excluding carboxylic acids is 1. The van der Waals surface area contributed by atoms with Crippen LogP contribution in [-0.2, 0) is 0 Å². The van der Waals surface area contributed by atoms with E-state index >= 15 is 0 Å². The topological polar surface area (TPSA) is 87.0 Å². The van der Waals surface area contributed by atoms with Gasteiger partial charge in [0.15, 0.2) is 0 Å². The maximum atomic E-state index is 13.0. The number of rotatable bonds is 5. The van der Waals surface area contributed by atoms with Crippen LogP contribution in [0.4, 0.5) is 5.69 Å². The molecular formula is C27H23N3O3. The molecule has 0 aliphatic heterocycles. The average molecular weight is 437 g/mol. The molecule has 2 aromatic heterocycles. The lowest BCUT2D eigenvalue weighted by atomic mass is 9.94. The number of allylic oxidation sites excluding steroid dienone is 4. The van der Waals surface area contributed by atoms with Gasteiger partial charge in [0.25, 0.3) is 11.5 Å². The van der Waals surface area contributed by atoms with Gasteiger partial charge in [-0.1, -0.05) is 18.2 Å². The lowest BCUT2D eigenvalue weighted by molar-refractivity contribution is 0.102. The van der Waals surface area contributed by atoms with Crippen molar-refractivity contribution >= 4 is 28.1 Å². The predicted molar refractivity (Wildman–Crippen MR) is 132 cm³/mol. The van der Waals surface area contributed by atoms with Crippen molar-refractivity contribution in [2.45, 2.75) is 12.8 Å². The standard InChI is InChI=1S/C27H23N3O3/c1-33-20-12-10-19(11-13-20)29-26(31)18-9-14-23-22(16-18)24(17-6-3-2-4-7-17)25(30-23)21-8-5-15-28-27(21)32/h3,5-16,30H,2,4H2,1H3,(H,28,32)(H,29,31). The second-order valence-electron chi connectivity index (χ2n) is 7.87. The molecule has 1 aliphatic rings. The number of carbonyl (C=O) groups is 1. The second-order valence-corrected chi connectivity index (χ2v) is 7.87. The Balaban J connectivity index is 1.60. The molecule has 0 spiro atoms. The van der Waals surface area contributed by atoms with E-state index in [0.717, 1.165) is 46.3 Å². The van der Waals surface area contributed by atoms with Gasteiger partial charge in [-0.3, -0.25) is 9.59 Å². The molecule has 0 atom stereocenters.